The van der Waals surface area contributed by atoms with Crippen LogP contribution in [0.4, 0.5) is 11.4 Å². The maximum absolute atomic E-state index is 13.1. The van der Waals surface area contributed by atoms with Gasteiger partial charge in [-0.05, 0) is 62.6 Å². The molecule has 1 unspecified atom stereocenters. The Bertz CT molecular complexity index is 1140. The lowest BCUT2D eigenvalue weighted by Crippen LogP contribution is -2.36. The van der Waals surface area contributed by atoms with E-state index in [0.29, 0.717) is 18.6 Å². The van der Waals surface area contributed by atoms with E-state index in [1.165, 1.54) is 0 Å². The number of esters is 1. The third-order valence-corrected chi connectivity index (χ3v) is 5.94. The predicted molar refractivity (Wildman–Crippen MR) is 124 cm³/mol. The van der Waals surface area contributed by atoms with Crippen molar-refractivity contribution in [2.45, 2.75) is 40.0 Å². The van der Waals surface area contributed by atoms with E-state index in [1.54, 1.807) is 19.3 Å². The summed E-state index contributed by atoms with van der Waals surface area (Å²) in [7, 11) is 0. The fourth-order valence-corrected chi connectivity index (χ4v) is 4.08. The average molecular weight is 430 g/mol. The molecule has 4 rings (SSSR count). The minimum Gasteiger partial charge on any atom is -0.466 e. The molecule has 1 aliphatic rings. The third-order valence-electron chi connectivity index (χ3n) is 5.94. The Morgan fingerprint density at radius 1 is 1.09 bits per heavy atom. The largest absolute Gasteiger partial charge is 0.466 e. The number of fused-ring (bicyclic) bond motifs is 1. The standard InChI is InChI=1S/C26H27N3O3/c1-4-32-24(30)14-26(3)12-11-18-13-19(6-9-22(18)25(26)31)23-10-8-21(16-28-23)29-20-7-5-17(2)27-15-20/h5-10,13,15-16,29H,4,11-12,14H2,1-3H3. The highest BCUT2D eigenvalue weighted by molar-refractivity contribution is 6.04. The van der Waals surface area contributed by atoms with Crippen LogP contribution in [-0.4, -0.2) is 28.3 Å². The second kappa shape index (κ2) is 8.91. The van der Waals surface area contributed by atoms with E-state index in [2.05, 4.69) is 15.3 Å². The van der Waals surface area contributed by atoms with Crippen LogP contribution in [0.25, 0.3) is 11.3 Å². The smallest absolute Gasteiger partial charge is 0.306 e. The van der Waals surface area contributed by atoms with E-state index >= 15 is 0 Å². The minimum absolute atomic E-state index is 0.0116. The van der Waals surface area contributed by atoms with Crippen molar-refractivity contribution in [1.82, 2.24) is 9.97 Å². The number of anilines is 2. The summed E-state index contributed by atoms with van der Waals surface area (Å²) >= 11 is 0. The molecule has 6 nitrogen and oxygen atoms in total. The Kier molecular flexibility index (Phi) is 6.04. The zero-order valence-electron chi connectivity index (χ0n) is 18.6. The average Bonchev–Trinajstić information content (AvgIpc) is 2.78. The van der Waals surface area contributed by atoms with Gasteiger partial charge in [-0.25, -0.2) is 0 Å². The summed E-state index contributed by atoms with van der Waals surface area (Å²) in [4.78, 5) is 34.0. The molecule has 2 aromatic heterocycles. The lowest BCUT2D eigenvalue weighted by molar-refractivity contribution is -0.145. The minimum atomic E-state index is -0.711. The van der Waals surface area contributed by atoms with Crippen LogP contribution < -0.4 is 5.32 Å². The molecule has 0 bridgehead atoms. The van der Waals surface area contributed by atoms with Crippen molar-refractivity contribution >= 4 is 23.1 Å². The highest BCUT2D eigenvalue weighted by atomic mass is 16.5. The second-order valence-electron chi connectivity index (χ2n) is 8.49. The molecule has 0 spiro atoms. The first kappa shape index (κ1) is 21.7. The van der Waals surface area contributed by atoms with E-state index in [4.69, 9.17) is 4.74 Å². The molecule has 1 aromatic carbocycles. The first-order valence-electron chi connectivity index (χ1n) is 10.9. The van der Waals surface area contributed by atoms with Gasteiger partial charge in [-0.15, -0.1) is 0 Å². The van der Waals surface area contributed by atoms with Crippen molar-refractivity contribution in [3.8, 4) is 11.3 Å². The first-order chi connectivity index (χ1) is 15.4. The van der Waals surface area contributed by atoms with Crippen LogP contribution >= 0.6 is 0 Å². The number of rotatable bonds is 6. The van der Waals surface area contributed by atoms with Crippen molar-refractivity contribution in [3.63, 3.8) is 0 Å². The molecule has 1 aliphatic carbocycles. The predicted octanol–water partition coefficient (Wildman–Crippen LogP) is 5.28. The highest BCUT2D eigenvalue weighted by Gasteiger charge is 2.40. The molecular formula is C26H27N3O3. The van der Waals surface area contributed by atoms with Crippen LogP contribution in [0, 0.1) is 12.3 Å². The topological polar surface area (TPSA) is 81.2 Å². The van der Waals surface area contributed by atoms with E-state index in [0.717, 1.165) is 40.3 Å². The molecule has 0 amide bonds. The normalized spacial score (nSPS) is 17.5. The molecule has 164 valence electrons. The van der Waals surface area contributed by atoms with Crippen LogP contribution in [0.2, 0.25) is 0 Å². The summed E-state index contributed by atoms with van der Waals surface area (Å²) in [5.74, 6) is -0.305. The van der Waals surface area contributed by atoms with Crippen LogP contribution in [0.5, 0.6) is 0 Å². The Morgan fingerprint density at radius 3 is 2.50 bits per heavy atom. The molecule has 1 N–H and O–H groups in total. The highest BCUT2D eigenvalue weighted by Crippen LogP contribution is 2.39. The molecular weight excluding hydrogens is 402 g/mol. The number of hydrogen-bond donors (Lipinski definition) is 1. The van der Waals surface area contributed by atoms with E-state index < -0.39 is 5.41 Å². The number of carbonyl (C=O) groups excluding carboxylic acids is 2. The number of benzene rings is 1. The molecule has 0 saturated heterocycles. The molecule has 1 atom stereocenters. The quantitative estimate of drug-likeness (QED) is 0.537. The maximum atomic E-state index is 13.1. The van der Waals surface area contributed by atoms with Crippen molar-refractivity contribution < 1.29 is 14.3 Å². The van der Waals surface area contributed by atoms with Crippen LogP contribution in [0.3, 0.4) is 0 Å². The van der Waals surface area contributed by atoms with Gasteiger partial charge in [-0.2, -0.15) is 0 Å². The molecule has 32 heavy (non-hydrogen) atoms. The van der Waals surface area contributed by atoms with Gasteiger partial charge in [0.25, 0.3) is 0 Å². The van der Waals surface area contributed by atoms with E-state index in [9.17, 15) is 9.59 Å². The molecule has 0 aliphatic heterocycles. The summed E-state index contributed by atoms with van der Waals surface area (Å²) in [5.41, 5.74) is 5.54. The summed E-state index contributed by atoms with van der Waals surface area (Å²) in [6.45, 7) is 5.91. The number of nitrogens with zero attached hydrogens (tertiary/aromatic N) is 2. The van der Waals surface area contributed by atoms with Gasteiger partial charge in [0.05, 0.1) is 42.5 Å². The van der Waals surface area contributed by atoms with Gasteiger partial charge in [0.2, 0.25) is 0 Å². The Hall–Kier alpha value is -3.54. The van der Waals surface area contributed by atoms with Crippen LogP contribution in [-0.2, 0) is 16.0 Å². The SMILES string of the molecule is CCOC(=O)CC1(C)CCc2cc(-c3ccc(Nc4ccc(C)nc4)cn3)ccc2C1=O. The van der Waals surface area contributed by atoms with Gasteiger partial charge in [0.15, 0.2) is 5.78 Å². The number of hydrogen-bond acceptors (Lipinski definition) is 6. The summed E-state index contributed by atoms with van der Waals surface area (Å²) in [6.07, 6.45) is 5.07. The molecule has 6 heteroatoms. The van der Waals surface area contributed by atoms with Gasteiger partial charge >= 0.3 is 5.97 Å². The summed E-state index contributed by atoms with van der Waals surface area (Å²) in [6, 6.07) is 13.7. The van der Waals surface area contributed by atoms with Crippen molar-refractivity contribution in [2.75, 3.05) is 11.9 Å². The zero-order valence-corrected chi connectivity index (χ0v) is 18.6. The van der Waals surface area contributed by atoms with Gasteiger partial charge in [0.1, 0.15) is 0 Å². The van der Waals surface area contributed by atoms with Crippen molar-refractivity contribution in [1.29, 1.82) is 0 Å². The lowest BCUT2D eigenvalue weighted by Gasteiger charge is -2.32. The van der Waals surface area contributed by atoms with Gasteiger partial charge in [-0.3, -0.25) is 19.6 Å². The molecule has 0 radical (unpaired) electrons. The number of aromatic nitrogens is 2. The Morgan fingerprint density at radius 2 is 1.84 bits per heavy atom. The molecule has 0 saturated carbocycles. The summed E-state index contributed by atoms with van der Waals surface area (Å²) in [5, 5.41) is 3.29. The first-order valence-corrected chi connectivity index (χ1v) is 10.9. The van der Waals surface area contributed by atoms with Crippen LogP contribution in [0.15, 0.2) is 54.9 Å². The van der Waals surface area contributed by atoms with E-state index in [1.807, 2.05) is 56.3 Å². The lowest BCUT2D eigenvalue weighted by atomic mass is 9.69. The van der Waals surface area contributed by atoms with Crippen molar-refractivity contribution in [3.05, 3.63) is 71.7 Å². The number of nitrogens with one attached hydrogen (secondary N) is 1. The van der Waals surface area contributed by atoms with Crippen molar-refractivity contribution in [2.24, 2.45) is 5.41 Å². The molecule has 2 heterocycles. The van der Waals surface area contributed by atoms with Gasteiger partial charge in [0, 0.05) is 22.2 Å². The zero-order chi connectivity index (χ0) is 22.7. The monoisotopic (exact) mass is 429 g/mol. The van der Waals surface area contributed by atoms with Gasteiger partial charge in [-0.1, -0.05) is 19.1 Å². The fraction of sp³-hybridized carbons (Fsp3) is 0.308. The molecule has 0 fully saturated rings. The third kappa shape index (κ3) is 4.54. The van der Waals surface area contributed by atoms with E-state index in [-0.39, 0.29) is 18.2 Å². The Labute approximate surface area is 188 Å². The number of ether oxygens (including phenoxy) is 1. The van der Waals surface area contributed by atoms with Crippen LogP contribution in [0.1, 0.15) is 48.3 Å². The Balaban J connectivity index is 1.50. The number of pyridine rings is 2. The summed E-state index contributed by atoms with van der Waals surface area (Å²) < 4.78 is 5.07. The number of Topliss-reactive ketones (excluding diaryl/α,β-unsaturated/α-hetero) is 1. The fourth-order valence-electron chi connectivity index (χ4n) is 4.08. The number of aryl methyl sites for hydroxylation is 2. The number of carbonyl (C=O) groups is 2. The molecule has 3 aromatic rings. The number of ketones is 1. The maximum Gasteiger partial charge on any atom is 0.306 e. The second-order valence-corrected chi connectivity index (χ2v) is 8.49. The van der Waals surface area contributed by atoms with Gasteiger partial charge < -0.3 is 10.1 Å².